The van der Waals surface area contributed by atoms with Crippen molar-refractivity contribution in [3.63, 3.8) is 0 Å². The van der Waals surface area contributed by atoms with Crippen molar-refractivity contribution >= 4 is 26.3 Å². The maximum Gasteiger partial charge on any atom is 0.410 e. The molecule has 5 atom stereocenters. The van der Waals surface area contributed by atoms with Crippen molar-refractivity contribution in [2.24, 2.45) is 5.92 Å². The Morgan fingerprint density at radius 3 is 2.36 bits per heavy atom. The predicted octanol–water partition coefficient (Wildman–Crippen LogP) is 9.60. The number of piperazine rings is 1. The molecule has 0 spiro atoms. The summed E-state index contributed by atoms with van der Waals surface area (Å²) in [5.41, 5.74) is 1.94. The summed E-state index contributed by atoms with van der Waals surface area (Å²) in [6.45, 7) is 18.2. The zero-order valence-corrected chi connectivity index (χ0v) is 36.6. The molecule has 1 aliphatic carbocycles. The molecule has 3 fully saturated rings. The van der Waals surface area contributed by atoms with Crippen LogP contribution in [0.1, 0.15) is 130 Å². The van der Waals surface area contributed by atoms with Gasteiger partial charge in [0.25, 0.3) is 0 Å². The Bertz CT molecular complexity index is 1460. The van der Waals surface area contributed by atoms with Crippen LogP contribution in [0.3, 0.4) is 0 Å². The summed E-state index contributed by atoms with van der Waals surface area (Å²) in [5.74, 6) is 0.584. The number of allylic oxidation sites excluding steroid dienone is 3. The Hall–Kier alpha value is -3.02. The lowest BCUT2D eigenvalue weighted by Gasteiger charge is -2.39. The number of aromatic nitrogens is 2. The van der Waals surface area contributed by atoms with Gasteiger partial charge in [-0.15, -0.1) is 0 Å². The molecule has 0 radical (unpaired) electrons. The van der Waals surface area contributed by atoms with Crippen LogP contribution >= 0.6 is 0 Å². The van der Waals surface area contributed by atoms with Gasteiger partial charge in [0.1, 0.15) is 12.2 Å². The maximum absolute atomic E-state index is 13.4. The maximum atomic E-state index is 13.4. The van der Waals surface area contributed by atoms with Gasteiger partial charge >= 0.3 is 12.1 Å². The summed E-state index contributed by atoms with van der Waals surface area (Å²) in [5, 5.41) is 0. The van der Waals surface area contributed by atoms with Gasteiger partial charge in [0.05, 0.1) is 11.8 Å². The molecule has 4 heterocycles. The average Bonchev–Trinajstić information content (AvgIpc) is 3.51. The summed E-state index contributed by atoms with van der Waals surface area (Å²) >= 11 is 0. The van der Waals surface area contributed by atoms with Gasteiger partial charge in [0.2, 0.25) is 5.95 Å². The van der Waals surface area contributed by atoms with E-state index in [1.54, 1.807) is 0 Å². The normalized spacial score (nSPS) is 27.0. The van der Waals surface area contributed by atoms with E-state index in [9.17, 15) is 9.59 Å². The number of hydrogen-bond donors (Lipinski definition) is 0. The monoisotopic (exact) mass is 792 g/mol. The number of anilines is 1. The van der Waals surface area contributed by atoms with Crippen molar-refractivity contribution in [3.05, 3.63) is 53.9 Å². The lowest BCUT2D eigenvalue weighted by Crippen LogP contribution is -2.52. The Morgan fingerprint density at radius 1 is 0.946 bits per heavy atom. The van der Waals surface area contributed by atoms with Crippen molar-refractivity contribution in [2.75, 3.05) is 44.2 Å². The molecule has 10 nitrogen and oxygen atoms in total. The molecular weight excluding hydrogens is 719 g/mol. The molecular formula is C45H73N5O5Si. The summed E-state index contributed by atoms with van der Waals surface area (Å²) in [6, 6.07) is 6.14. The van der Waals surface area contributed by atoms with Crippen molar-refractivity contribution in [3.8, 4) is 0 Å². The van der Waals surface area contributed by atoms with Gasteiger partial charge < -0.3 is 23.7 Å². The highest BCUT2D eigenvalue weighted by molar-refractivity contribution is 6.73. The number of amides is 1. The quantitative estimate of drug-likeness (QED) is 0.0674. The Balaban J connectivity index is 1.17. The highest BCUT2D eigenvalue weighted by Crippen LogP contribution is 2.29. The van der Waals surface area contributed by atoms with Crippen molar-refractivity contribution in [1.29, 1.82) is 0 Å². The number of rotatable bonds is 12. The van der Waals surface area contributed by atoms with E-state index in [0.29, 0.717) is 12.5 Å². The number of hydrogen-bond acceptors (Lipinski definition) is 9. The minimum absolute atomic E-state index is 0.0715. The van der Waals surface area contributed by atoms with Crippen LogP contribution in [0.25, 0.3) is 0 Å². The van der Waals surface area contributed by atoms with Gasteiger partial charge in [-0.05, 0) is 81.3 Å². The first-order chi connectivity index (χ1) is 27.1. The third-order valence-electron chi connectivity index (χ3n) is 13.0. The zero-order valence-electron chi connectivity index (χ0n) is 35.6. The summed E-state index contributed by atoms with van der Waals surface area (Å²) in [7, 11) is -1.66. The van der Waals surface area contributed by atoms with Crippen LogP contribution < -0.4 is 4.90 Å². The zero-order chi connectivity index (χ0) is 39.9. The van der Waals surface area contributed by atoms with Gasteiger partial charge in [-0.25, -0.2) is 14.8 Å². The Kier molecular flexibility index (Phi) is 17.5. The van der Waals surface area contributed by atoms with Gasteiger partial charge in [-0.3, -0.25) is 9.69 Å². The van der Waals surface area contributed by atoms with Gasteiger partial charge in [-0.1, -0.05) is 91.0 Å². The topological polar surface area (TPSA) is 97.3 Å². The van der Waals surface area contributed by atoms with E-state index in [0.717, 1.165) is 107 Å². The molecule has 56 heavy (non-hydrogen) atoms. The molecule has 2 saturated heterocycles. The molecule has 1 aromatic heterocycles. The van der Waals surface area contributed by atoms with Gasteiger partial charge in [-0.2, -0.15) is 0 Å². The molecule has 0 aromatic carbocycles. The molecule has 1 saturated carbocycles. The molecule has 4 aliphatic rings. The highest BCUT2D eigenvalue weighted by atomic mass is 28.4. The van der Waals surface area contributed by atoms with Gasteiger partial charge in [0.15, 0.2) is 8.32 Å². The predicted molar refractivity (Wildman–Crippen MR) is 228 cm³/mol. The fourth-order valence-electron chi connectivity index (χ4n) is 8.99. The third kappa shape index (κ3) is 12.7. The first-order valence-electron chi connectivity index (χ1n) is 22.3. The average molecular weight is 792 g/mol. The van der Waals surface area contributed by atoms with Crippen LogP contribution in [-0.2, 0) is 18.7 Å². The molecule has 312 valence electrons. The van der Waals surface area contributed by atoms with Crippen LogP contribution in [0.5, 0.6) is 0 Å². The first kappa shape index (κ1) is 44.1. The molecule has 1 unspecified atom stereocenters. The van der Waals surface area contributed by atoms with E-state index in [-0.39, 0.29) is 36.1 Å². The smallest absolute Gasteiger partial charge is 0.410 e. The van der Waals surface area contributed by atoms with Gasteiger partial charge in [0, 0.05) is 69.8 Å². The van der Waals surface area contributed by atoms with Crippen LogP contribution in [-0.4, -0.2) is 104 Å². The van der Waals surface area contributed by atoms with Crippen molar-refractivity contribution < 1.29 is 23.5 Å². The number of cyclic esters (lactones) is 1. The summed E-state index contributed by atoms with van der Waals surface area (Å²) in [4.78, 5) is 42.7. The second-order valence-corrected chi connectivity index (χ2v) is 21.7. The van der Waals surface area contributed by atoms with Crippen LogP contribution in [0.2, 0.25) is 18.1 Å². The van der Waals surface area contributed by atoms with E-state index in [1.165, 1.54) is 38.5 Å². The Labute approximate surface area is 339 Å². The minimum atomic E-state index is -1.66. The summed E-state index contributed by atoms with van der Waals surface area (Å²) in [6.07, 6.45) is 24.1. The van der Waals surface area contributed by atoms with E-state index >= 15 is 0 Å². The van der Waals surface area contributed by atoms with E-state index in [2.05, 4.69) is 61.6 Å². The van der Waals surface area contributed by atoms with Crippen LogP contribution in [0.15, 0.2) is 48.2 Å². The minimum Gasteiger partial charge on any atom is -0.457 e. The lowest BCUT2D eigenvalue weighted by molar-refractivity contribution is -0.148. The molecule has 11 heteroatoms. The Morgan fingerprint density at radius 2 is 1.64 bits per heavy atom. The third-order valence-corrected chi connectivity index (χ3v) is 17.7. The molecule has 0 N–H and O–H groups in total. The number of carbonyl (C=O) groups is 2. The van der Waals surface area contributed by atoms with Crippen LogP contribution in [0.4, 0.5) is 10.7 Å². The van der Waals surface area contributed by atoms with Crippen LogP contribution in [0, 0.1) is 5.92 Å². The molecule has 1 amide bonds. The van der Waals surface area contributed by atoms with E-state index in [4.69, 9.17) is 18.9 Å². The standard InChI is InChI=1S/C45H73N5O5Si/c1-7-56(8-2,9-3)55-40-27-29-50(34-40)44-46-28-26-41(47-44)35(4)18-17-19-36(5)43-37(6)24-25-39(22-15-12-16-23-42(51)54-43)53-45(52)49-32-30-48(31-33-49)38-20-13-10-11-14-21-38/h17-19,24-26,28,35,37-40,43H,7-16,20-23,27,29-34H2,1-6H3/b18-17+,25-24-,36-19+/t35?,37-,39+,40-,43+/m0/s1. The van der Waals surface area contributed by atoms with Crippen molar-refractivity contribution in [1.82, 2.24) is 19.8 Å². The SMILES string of the molecule is CC[Si](CC)(CC)O[C@H]1CCN(c2nccc(C(C)/C=C/C=C(\C)[C@H]3OC(=O)CCCCC[C@@H](OC(=O)N4CCN(C5CCCCCC5)CC4)/C=C\[C@@H]3C)n2)C1. The molecule has 3 aliphatic heterocycles. The van der Waals surface area contributed by atoms with E-state index in [1.807, 2.05) is 42.3 Å². The number of esters is 1. The number of carbonyl (C=O) groups excluding carboxylic acids is 2. The highest BCUT2D eigenvalue weighted by Gasteiger charge is 2.35. The number of nitrogens with zero attached hydrogens (tertiary/aromatic N) is 5. The van der Waals surface area contributed by atoms with E-state index < -0.39 is 14.4 Å². The fourth-order valence-corrected chi connectivity index (χ4v) is 11.9. The summed E-state index contributed by atoms with van der Waals surface area (Å²) < 4.78 is 19.0. The number of ether oxygens (including phenoxy) is 2. The van der Waals surface area contributed by atoms with Crippen molar-refractivity contribution in [2.45, 2.75) is 167 Å². The first-order valence-corrected chi connectivity index (χ1v) is 24.8. The second kappa shape index (κ2) is 22.2. The largest absolute Gasteiger partial charge is 0.457 e. The molecule has 0 bridgehead atoms. The second-order valence-electron chi connectivity index (χ2n) is 16.9. The lowest BCUT2D eigenvalue weighted by atomic mass is 9.95. The molecule has 5 rings (SSSR count). The molecule has 1 aromatic rings. The fraction of sp³-hybridized carbons (Fsp3) is 0.733.